The number of nitrogens with one attached hydrogen (secondary N) is 3. The first-order chi connectivity index (χ1) is 14.3. The van der Waals surface area contributed by atoms with E-state index in [-0.39, 0.29) is 22.9 Å². The fourth-order valence-corrected chi connectivity index (χ4v) is 2.91. The van der Waals surface area contributed by atoms with Crippen LogP contribution in [0.1, 0.15) is 12.5 Å². The van der Waals surface area contributed by atoms with Gasteiger partial charge in [0.15, 0.2) is 0 Å². The van der Waals surface area contributed by atoms with Crippen LogP contribution in [0.4, 0.5) is 25.8 Å². The maximum atomic E-state index is 14.1. The molecular weight excluding hydrogens is 392 g/mol. The summed E-state index contributed by atoms with van der Waals surface area (Å²) in [4.78, 5) is 18.8. The maximum Gasteiger partial charge on any atom is 0.261 e. The minimum atomic E-state index is -0.765. The second kappa shape index (κ2) is 8.75. The van der Waals surface area contributed by atoms with E-state index in [0.717, 1.165) is 12.1 Å². The minimum Gasteiger partial charge on any atom is -0.399 e. The SMILES string of the molecule is CCON/C=C1\C(=N)C(c2cc(N)ccc2Nc2ccc(F)cc2F)=CN(C)C1=O. The lowest BCUT2D eigenvalue weighted by atomic mass is 9.92. The van der Waals surface area contributed by atoms with Gasteiger partial charge < -0.3 is 16.0 Å². The molecule has 0 radical (unpaired) electrons. The molecule has 1 amide bonds. The van der Waals surface area contributed by atoms with E-state index >= 15 is 0 Å². The lowest BCUT2D eigenvalue weighted by molar-refractivity contribution is -0.123. The van der Waals surface area contributed by atoms with Crippen molar-refractivity contribution < 1.29 is 18.4 Å². The van der Waals surface area contributed by atoms with E-state index in [9.17, 15) is 13.6 Å². The molecule has 0 saturated heterocycles. The molecule has 0 saturated carbocycles. The number of rotatable bonds is 6. The molecule has 0 atom stereocenters. The molecule has 2 aromatic rings. The second-order valence-corrected chi connectivity index (χ2v) is 6.50. The Morgan fingerprint density at radius 3 is 2.63 bits per heavy atom. The molecule has 156 valence electrons. The highest BCUT2D eigenvalue weighted by Gasteiger charge is 2.29. The van der Waals surface area contributed by atoms with Crippen LogP contribution in [0, 0.1) is 17.0 Å². The van der Waals surface area contributed by atoms with Gasteiger partial charge in [0, 0.05) is 48.0 Å². The molecule has 0 aromatic heterocycles. The zero-order valence-corrected chi connectivity index (χ0v) is 16.4. The number of carbonyl (C=O) groups excluding carboxylic acids is 1. The van der Waals surface area contributed by atoms with E-state index in [0.29, 0.717) is 29.1 Å². The normalized spacial score (nSPS) is 15.4. The van der Waals surface area contributed by atoms with Gasteiger partial charge in [-0.25, -0.2) is 8.78 Å². The van der Waals surface area contributed by atoms with Crippen LogP contribution in [0.15, 0.2) is 54.4 Å². The third kappa shape index (κ3) is 4.31. The monoisotopic (exact) mass is 413 g/mol. The Hall–Kier alpha value is -3.72. The summed E-state index contributed by atoms with van der Waals surface area (Å²) >= 11 is 0. The number of nitrogens with zero attached hydrogens (tertiary/aromatic N) is 1. The van der Waals surface area contributed by atoms with Crippen molar-refractivity contribution in [2.24, 2.45) is 0 Å². The molecular formula is C21H21F2N5O2. The van der Waals surface area contributed by atoms with Crippen LogP contribution < -0.4 is 16.5 Å². The Morgan fingerprint density at radius 2 is 1.93 bits per heavy atom. The van der Waals surface area contributed by atoms with Crippen molar-refractivity contribution in [1.29, 1.82) is 5.41 Å². The van der Waals surface area contributed by atoms with Crippen molar-refractivity contribution >= 4 is 34.3 Å². The molecule has 0 fully saturated rings. The summed E-state index contributed by atoms with van der Waals surface area (Å²) in [6.45, 7) is 2.15. The van der Waals surface area contributed by atoms with Crippen molar-refractivity contribution in [3.8, 4) is 0 Å². The Bertz CT molecular complexity index is 1070. The Labute approximate surface area is 172 Å². The highest BCUT2D eigenvalue weighted by atomic mass is 19.1. The number of hydroxylamine groups is 1. The van der Waals surface area contributed by atoms with Gasteiger partial charge in [0.05, 0.1) is 23.6 Å². The van der Waals surface area contributed by atoms with Crippen molar-refractivity contribution in [3.05, 3.63) is 71.6 Å². The molecule has 0 bridgehead atoms. The van der Waals surface area contributed by atoms with Crippen LogP contribution in [0.5, 0.6) is 0 Å². The van der Waals surface area contributed by atoms with Crippen LogP contribution in [0.2, 0.25) is 0 Å². The molecule has 1 aliphatic rings. The number of carbonyl (C=O) groups is 1. The fourth-order valence-electron chi connectivity index (χ4n) is 2.91. The molecule has 9 heteroatoms. The maximum absolute atomic E-state index is 14.1. The average Bonchev–Trinajstić information content (AvgIpc) is 2.70. The third-order valence-electron chi connectivity index (χ3n) is 4.38. The van der Waals surface area contributed by atoms with E-state index in [2.05, 4.69) is 10.8 Å². The Balaban J connectivity index is 2.05. The van der Waals surface area contributed by atoms with Crippen LogP contribution in [-0.2, 0) is 9.63 Å². The number of anilines is 3. The topological polar surface area (TPSA) is 103 Å². The van der Waals surface area contributed by atoms with Gasteiger partial charge in [-0.2, -0.15) is 0 Å². The summed E-state index contributed by atoms with van der Waals surface area (Å²) in [6, 6.07) is 8.03. The summed E-state index contributed by atoms with van der Waals surface area (Å²) in [7, 11) is 1.56. The molecule has 0 spiro atoms. The van der Waals surface area contributed by atoms with Gasteiger partial charge >= 0.3 is 0 Å². The Morgan fingerprint density at radius 1 is 1.20 bits per heavy atom. The molecule has 7 nitrogen and oxygen atoms in total. The molecule has 0 unspecified atom stereocenters. The van der Waals surface area contributed by atoms with E-state index in [4.69, 9.17) is 16.0 Å². The number of hydrogen-bond donors (Lipinski definition) is 4. The Kier molecular flexibility index (Phi) is 6.12. The number of halogens is 2. The molecule has 1 heterocycles. The summed E-state index contributed by atoms with van der Waals surface area (Å²) in [6.07, 6.45) is 2.82. The fraction of sp³-hybridized carbons (Fsp3) is 0.143. The largest absolute Gasteiger partial charge is 0.399 e. The highest BCUT2D eigenvalue weighted by Crippen LogP contribution is 2.34. The number of likely N-dealkylation sites (N-methyl/N-ethyl adjacent to an activating group) is 1. The second-order valence-electron chi connectivity index (χ2n) is 6.50. The van der Waals surface area contributed by atoms with E-state index in [1.54, 1.807) is 32.2 Å². The van der Waals surface area contributed by atoms with Gasteiger partial charge in [0.2, 0.25) is 0 Å². The van der Waals surface area contributed by atoms with Crippen LogP contribution in [-0.4, -0.2) is 30.2 Å². The van der Waals surface area contributed by atoms with E-state index in [1.807, 2.05) is 0 Å². The number of nitrogen functional groups attached to an aromatic ring is 1. The summed E-state index contributed by atoms with van der Waals surface area (Å²) in [5, 5.41) is 11.5. The molecule has 5 N–H and O–H groups in total. The van der Waals surface area contributed by atoms with Gasteiger partial charge in [-0.15, -0.1) is 0 Å². The number of amides is 1. The third-order valence-corrected chi connectivity index (χ3v) is 4.38. The number of allylic oxidation sites excluding steroid dienone is 1. The molecule has 1 aliphatic heterocycles. The first kappa shape index (κ1) is 21.0. The van der Waals surface area contributed by atoms with Crippen LogP contribution in [0.3, 0.4) is 0 Å². The predicted molar refractivity (Wildman–Crippen MR) is 112 cm³/mol. The molecule has 0 aliphatic carbocycles. The first-order valence-corrected chi connectivity index (χ1v) is 9.09. The van der Waals surface area contributed by atoms with Gasteiger partial charge in [0.25, 0.3) is 5.91 Å². The predicted octanol–water partition coefficient (Wildman–Crippen LogP) is 3.55. The lowest BCUT2D eigenvalue weighted by Gasteiger charge is -2.26. The minimum absolute atomic E-state index is 0.0569. The van der Waals surface area contributed by atoms with Gasteiger partial charge in [-0.3, -0.25) is 20.5 Å². The summed E-state index contributed by atoms with van der Waals surface area (Å²) in [5.74, 6) is -1.85. The van der Waals surface area contributed by atoms with Crippen LogP contribution in [0.25, 0.3) is 5.57 Å². The van der Waals surface area contributed by atoms with Crippen molar-refractivity contribution in [2.75, 3.05) is 24.7 Å². The van der Waals surface area contributed by atoms with Crippen molar-refractivity contribution in [1.82, 2.24) is 10.4 Å². The zero-order chi connectivity index (χ0) is 21.8. The standard InChI is InChI=1S/C21H21F2N5O2/c1-3-30-26-10-15-20(25)16(11-28(2)21(15)29)14-9-13(24)5-7-18(14)27-19-6-4-12(22)8-17(19)23/h4-11,25-27H,3,24H2,1-2H3/b15-10+,25-20?. The van der Waals surface area contributed by atoms with Crippen LogP contribution >= 0.6 is 0 Å². The van der Waals surface area contributed by atoms with Gasteiger partial charge in [-0.05, 0) is 37.3 Å². The van der Waals surface area contributed by atoms with Gasteiger partial charge in [-0.1, -0.05) is 0 Å². The van der Waals surface area contributed by atoms with Crippen molar-refractivity contribution in [3.63, 3.8) is 0 Å². The highest BCUT2D eigenvalue weighted by molar-refractivity contribution is 6.41. The van der Waals surface area contributed by atoms with Gasteiger partial charge in [0.1, 0.15) is 11.6 Å². The smallest absolute Gasteiger partial charge is 0.261 e. The summed E-state index contributed by atoms with van der Waals surface area (Å²) < 4.78 is 27.4. The molecule has 2 aromatic carbocycles. The quantitative estimate of drug-likeness (QED) is 0.251. The zero-order valence-electron chi connectivity index (χ0n) is 16.4. The number of hydrogen-bond acceptors (Lipinski definition) is 6. The van der Waals surface area contributed by atoms with E-state index < -0.39 is 11.6 Å². The number of benzene rings is 2. The van der Waals surface area contributed by atoms with E-state index in [1.165, 1.54) is 23.4 Å². The number of nitrogens with two attached hydrogens (primary N) is 1. The average molecular weight is 413 g/mol. The summed E-state index contributed by atoms with van der Waals surface area (Å²) in [5.41, 5.74) is 10.3. The van der Waals surface area contributed by atoms with Crippen molar-refractivity contribution in [2.45, 2.75) is 6.92 Å². The molecule has 30 heavy (non-hydrogen) atoms. The first-order valence-electron chi connectivity index (χ1n) is 9.09. The lowest BCUT2D eigenvalue weighted by Crippen LogP contribution is -2.33. The molecule has 3 rings (SSSR count).